The molecule has 1 aliphatic carbocycles. The zero-order valence-electron chi connectivity index (χ0n) is 11.5. The van der Waals surface area contributed by atoms with E-state index in [9.17, 15) is 0 Å². The zero-order chi connectivity index (χ0) is 12.2. The smallest absolute Gasteiger partial charge is 0.0507 e. The highest BCUT2D eigenvalue weighted by molar-refractivity contribution is 4.90. The predicted octanol–water partition coefficient (Wildman–Crippen LogP) is 1.92. The van der Waals surface area contributed by atoms with Crippen LogP contribution in [0.5, 0.6) is 0 Å². The van der Waals surface area contributed by atoms with Gasteiger partial charge in [0.25, 0.3) is 0 Å². The molecule has 0 amide bonds. The van der Waals surface area contributed by atoms with Gasteiger partial charge in [0, 0.05) is 31.8 Å². The number of piperidine rings is 1. The molecule has 0 bridgehead atoms. The zero-order valence-corrected chi connectivity index (χ0v) is 11.5. The van der Waals surface area contributed by atoms with Crippen molar-refractivity contribution in [3.8, 4) is 0 Å². The van der Waals surface area contributed by atoms with E-state index >= 15 is 0 Å². The minimum absolute atomic E-state index is 0.715. The van der Waals surface area contributed by atoms with Crippen molar-refractivity contribution in [3.63, 3.8) is 0 Å². The van der Waals surface area contributed by atoms with Crippen LogP contribution in [-0.2, 0) is 4.74 Å². The summed E-state index contributed by atoms with van der Waals surface area (Å²) in [5.74, 6) is 1.74. The molecule has 4 atom stereocenters. The summed E-state index contributed by atoms with van der Waals surface area (Å²) in [7, 11) is 0. The van der Waals surface area contributed by atoms with E-state index in [0.29, 0.717) is 6.04 Å². The number of hydrogen-bond acceptors (Lipinski definition) is 3. The predicted molar refractivity (Wildman–Crippen MR) is 73.7 cm³/mol. The van der Waals surface area contributed by atoms with Crippen molar-refractivity contribution in [2.75, 3.05) is 26.3 Å². The fourth-order valence-corrected chi connectivity index (χ4v) is 3.94. The molecule has 0 spiro atoms. The molecule has 2 heterocycles. The Morgan fingerprint density at radius 1 is 1.00 bits per heavy atom. The van der Waals surface area contributed by atoms with Crippen molar-refractivity contribution in [3.05, 3.63) is 0 Å². The van der Waals surface area contributed by atoms with E-state index in [0.717, 1.165) is 44.2 Å². The minimum atomic E-state index is 0.715. The van der Waals surface area contributed by atoms with Gasteiger partial charge in [-0.1, -0.05) is 12.8 Å². The first-order valence-electron chi connectivity index (χ1n) is 7.96. The molecule has 1 saturated carbocycles. The summed E-state index contributed by atoms with van der Waals surface area (Å²) in [4.78, 5) is 0. The highest BCUT2D eigenvalue weighted by atomic mass is 16.5. The Bertz CT molecular complexity index is 253. The summed E-state index contributed by atoms with van der Waals surface area (Å²) in [6, 6.07) is 1.54. The molecule has 2 N–H and O–H groups in total. The molecule has 18 heavy (non-hydrogen) atoms. The Morgan fingerprint density at radius 3 is 2.83 bits per heavy atom. The van der Waals surface area contributed by atoms with Crippen LogP contribution in [0.1, 0.15) is 44.9 Å². The Balaban J connectivity index is 1.35. The fraction of sp³-hybridized carbons (Fsp3) is 1.00. The van der Waals surface area contributed by atoms with Gasteiger partial charge in [-0.2, -0.15) is 0 Å². The third-order valence-corrected chi connectivity index (χ3v) is 5.09. The highest BCUT2D eigenvalue weighted by Gasteiger charge is 2.31. The van der Waals surface area contributed by atoms with Crippen molar-refractivity contribution in [1.29, 1.82) is 0 Å². The summed E-state index contributed by atoms with van der Waals surface area (Å²) < 4.78 is 5.41. The molecular formula is C15H28N2O. The van der Waals surface area contributed by atoms with Crippen molar-refractivity contribution in [2.24, 2.45) is 11.8 Å². The monoisotopic (exact) mass is 252 g/mol. The van der Waals surface area contributed by atoms with Crippen molar-refractivity contribution < 1.29 is 4.74 Å². The van der Waals surface area contributed by atoms with Crippen LogP contribution in [0.15, 0.2) is 0 Å². The first-order chi connectivity index (χ1) is 8.92. The topological polar surface area (TPSA) is 33.3 Å². The molecular weight excluding hydrogens is 224 g/mol. The van der Waals surface area contributed by atoms with Gasteiger partial charge in [-0.25, -0.2) is 0 Å². The second kappa shape index (κ2) is 6.36. The van der Waals surface area contributed by atoms with Crippen LogP contribution in [-0.4, -0.2) is 38.4 Å². The summed E-state index contributed by atoms with van der Waals surface area (Å²) in [6.07, 6.45) is 9.86. The lowest BCUT2D eigenvalue weighted by atomic mass is 9.78. The summed E-state index contributed by atoms with van der Waals surface area (Å²) in [6.45, 7) is 4.24. The van der Waals surface area contributed by atoms with Crippen LogP contribution in [0, 0.1) is 11.8 Å². The molecule has 3 fully saturated rings. The van der Waals surface area contributed by atoms with Gasteiger partial charge in [-0.15, -0.1) is 0 Å². The molecule has 2 aliphatic heterocycles. The Labute approximate surface area is 111 Å². The molecule has 3 nitrogen and oxygen atoms in total. The first kappa shape index (κ1) is 12.9. The second-order valence-corrected chi connectivity index (χ2v) is 6.48. The molecule has 4 unspecified atom stereocenters. The maximum atomic E-state index is 5.41. The van der Waals surface area contributed by atoms with Crippen LogP contribution >= 0.6 is 0 Å². The molecule has 0 aromatic carbocycles. The van der Waals surface area contributed by atoms with E-state index in [1.54, 1.807) is 0 Å². The van der Waals surface area contributed by atoms with Crippen molar-refractivity contribution >= 4 is 0 Å². The van der Waals surface area contributed by atoms with E-state index in [4.69, 9.17) is 4.74 Å². The Hall–Kier alpha value is -0.120. The first-order valence-corrected chi connectivity index (χ1v) is 7.96. The quantitative estimate of drug-likeness (QED) is 0.802. The molecule has 3 aliphatic rings. The molecule has 3 heteroatoms. The molecule has 0 aromatic heterocycles. The van der Waals surface area contributed by atoms with E-state index in [2.05, 4.69) is 10.6 Å². The van der Waals surface area contributed by atoms with Crippen molar-refractivity contribution in [1.82, 2.24) is 10.6 Å². The van der Waals surface area contributed by atoms with Gasteiger partial charge < -0.3 is 15.4 Å². The molecule has 2 saturated heterocycles. The maximum absolute atomic E-state index is 5.41. The van der Waals surface area contributed by atoms with E-state index in [-0.39, 0.29) is 0 Å². The lowest BCUT2D eigenvalue weighted by molar-refractivity contribution is 0.171. The average molecular weight is 252 g/mol. The largest absolute Gasteiger partial charge is 0.381 e. The van der Waals surface area contributed by atoms with Crippen LogP contribution in [0.3, 0.4) is 0 Å². The van der Waals surface area contributed by atoms with Crippen LogP contribution in [0.25, 0.3) is 0 Å². The Kier molecular flexibility index (Phi) is 4.55. The van der Waals surface area contributed by atoms with Gasteiger partial charge in [0.15, 0.2) is 0 Å². The lowest BCUT2D eigenvalue weighted by Crippen LogP contribution is -2.52. The number of rotatable bonds is 4. The third kappa shape index (κ3) is 3.25. The number of nitrogens with one attached hydrogen (secondary N) is 2. The van der Waals surface area contributed by atoms with Gasteiger partial charge in [0.2, 0.25) is 0 Å². The average Bonchev–Trinajstić information content (AvgIpc) is 2.92. The molecule has 0 radical (unpaired) electrons. The fourth-order valence-electron chi connectivity index (χ4n) is 3.94. The van der Waals surface area contributed by atoms with Gasteiger partial charge in [-0.3, -0.25) is 0 Å². The highest BCUT2D eigenvalue weighted by Crippen LogP contribution is 2.32. The van der Waals surface area contributed by atoms with Crippen LogP contribution in [0.2, 0.25) is 0 Å². The number of hydrogen-bond donors (Lipinski definition) is 2. The van der Waals surface area contributed by atoms with Crippen LogP contribution < -0.4 is 10.6 Å². The Morgan fingerprint density at radius 2 is 1.94 bits per heavy atom. The van der Waals surface area contributed by atoms with Crippen LogP contribution in [0.4, 0.5) is 0 Å². The van der Waals surface area contributed by atoms with E-state index in [1.807, 2.05) is 0 Å². The normalized spacial score (nSPS) is 40.7. The van der Waals surface area contributed by atoms with E-state index < -0.39 is 0 Å². The summed E-state index contributed by atoms with van der Waals surface area (Å²) >= 11 is 0. The SMILES string of the molecule is C1CCC2NC(CNCC3CCOC3)CCC2C1. The van der Waals surface area contributed by atoms with Gasteiger partial charge in [0.1, 0.15) is 0 Å². The molecule has 104 valence electrons. The van der Waals surface area contributed by atoms with E-state index in [1.165, 1.54) is 44.9 Å². The van der Waals surface area contributed by atoms with Gasteiger partial charge in [0.05, 0.1) is 6.61 Å². The standard InChI is InChI=1S/C15H28N2O/c1-2-4-15-13(3-1)5-6-14(17-15)10-16-9-12-7-8-18-11-12/h12-17H,1-11H2. The lowest BCUT2D eigenvalue weighted by Gasteiger charge is -2.40. The molecule has 3 rings (SSSR count). The number of fused-ring (bicyclic) bond motifs is 1. The van der Waals surface area contributed by atoms with Gasteiger partial charge >= 0.3 is 0 Å². The molecule has 0 aromatic rings. The number of ether oxygens (including phenoxy) is 1. The maximum Gasteiger partial charge on any atom is 0.0507 e. The van der Waals surface area contributed by atoms with Gasteiger partial charge in [-0.05, 0) is 43.9 Å². The third-order valence-electron chi connectivity index (χ3n) is 5.09. The summed E-state index contributed by atoms with van der Waals surface area (Å²) in [5, 5.41) is 7.54. The van der Waals surface area contributed by atoms with Crippen molar-refractivity contribution in [2.45, 2.75) is 57.0 Å². The second-order valence-electron chi connectivity index (χ2n) is 6.48. The summed E-state index contributed by atoms with van der Waals surface area (Å²) in [5.41, 5.74) is 0. The minimum Gasteiger partial charge on any atom is -0.381 e.